The number of hydrogen-bond donors (Lipinski definition) is 14. The molecular formula is C42H34O25. The molecule has 1 aliphatic rings. The normalized spacial score (nSPS) is 17.7. The summed E-state index contributed by atoms with van der Waals surface area (Å²) in [6.45, 7) is 0.0423. The summed E-state index contributed by atoms with van der Waals surface area (Å²) in [5, 5.41) is 141. The van der Waals surface area contributed by atoms with E-state index in [0.29, 0.717) is 48.5 Å². The van der Waals surface area contributed by atoms with Crippen LogP contribution >= 0.6 is 0 Å². The molecule has 0 aromatic heterocycles. The second-order valence-corrected chi connectivity index (χ2v) is 14.2. The van der Waals surface area contributed by atoms with Crippen molar-refractivity contribution in [2.75, 3.05) is 6.61 Å². The summed E-state index contributed by atoms with van der Waals surface area (Å²) >= 11 is 0. The van der Waals surface area contributed by atoms with E-state index in [2.05, 4.69) is 0 Å². The maximum atomic E-state index is 13.9. The number of carbonyl (C=O) groups is 5. The van der Waals surface area contributed by atoms with Crippen LogP contribution in [0.4, 0.5) is 0 Å². The number of benzene rings is 5. The van der Waals surface area contributed by atoms with Crippen LogP contribution in [-0.4, -0.2) is 139 Å². The molecule has 352 valence electrons. The SMILES string of the molecule is Cc1c(O)cc(C(=O)O[C@@H]2OC(COC(=O)c3cc(O)c(O)c(O)c3)[C@@H](OC(=O)c3cc(O)c(O)c(O)c3)[C@H](OC(=O)c3cc(O)c(O)c(O)c3)C2OC(=O)c2cc(O)c(O)c(O)c2)cc1O. The Morgan fingerprint density at radius 1 is 0.388 bits per heavy atom. The number of hydrogen-bond acceptors (Lipinski definition) is 25. The van der Waals surface area contributed by atoms with Crippen LogP contribution in [0.3, 0.4) is 0 Å². The van der Waals surface area contributed by atoms with Crippen molar-refractivity contribution in [2.24, 2.45) is 0 Å². The molecule has 14 N–H and O–H groups in total. The zero-order chi connectivity index (χ0) is 49.3. The first-order valence-electron chi connectivity index (χ1n) is 18.6. The van der Waals surface area contributed by atoms with Gasteiger partial charge in [-0.3, -0.25) is 0 Å². The summed E-state index contributed by atoms with van der Waals surface area (Å²) in [7, 11) is 0. The lowest BCUT2D eigenvalue weighted by atomic mass is 9.97. The molecule has 0 spiro atoms. The Morgan fingerprint density at radius 3 is 1.00 bits per heavy atom. The van der Waals surface area contributed by atoms with Gasteiger partial charge in [0.1, 0.15) is 24.2 Å². The van der Waals surface area contributed by atoms with Crippen LogP contribution in [-0.2, 0) is 28.4 Å². The van der Waals surface area contributed by atoms with Crippen LogP contribution < -0.4 is 0 Å². The lowest BCUT2D eigenvalue weighted by molar-refractivity contribution is -0.282. The van der Waals surface area contributed by atoms with E-state index in [-0.39, 0.29) is 5.56 Å². The minimum Gasteiger partial charge on any atom is -0.508 e. The zero-order valence-corrected chi connectivity index (χ0v) is 33.6. The quantitative estimate of drug-likeness (QED) is 0.0513. The fourth-order valence-electron chi connectivity index (χ4n) is 6.19. The van der Waals surface area contributed by atoms with Gasteiger partial charge in [0.05, 0.1) is 27.8 Å². The minimum absolute atomic E-state index is 0.104. The predicted octanol–water partition coefficient (Wildman–Crippen LogP) is 2.29. The summed E-state index contributed by atoms with van der Waals surface area (Å²) in [6, 6.07) is 6.26. The standard InChI is InChI=1S/C42H34O25/c1-13-19(43)2-15(3-20(13)44)41(61)67-42-36(66-40(60)18-10-27(51)33(56)28(52)11-18)35(65-39(59)17-8-25(49)32(55)26(50)9-17)34(64-38(58)16-6-23(47)31(54)24(48)7-16)29(63-42)12-62-37(57)14-4-21(45)30(53)22(46)5-14/h2-11,29,34-36,42-56H,12H2,1H3/t29?,34-,35+,36?,42+/m1/s1. The molecule has 1 fully saturated rings. The predicted molar refractivity (Wildman–Crippen MR) is 212 cm³/mol. The first-order valence-corrected chi connectivity index (χ1v) is 18.6. The lowest BCUT2D eigenvalue weighted by Gasteiger charge is -2.43. The van der Waals surface area contributed by atoms with Gasteiger partial charge in [0, 0.05) is 5.56 Å². The van der Waals surface area contributed by atoms with Gasteiger partial charge in [-0.25, -0.2) is 24.0 Å². The summed E-state index contributed by atoms with van der Waals surface area (Å²) in [5.74, 6) is -22.1. The third-order valence-corrected chi connectivity index (χ3v) is 9.73. The highest BCUT2D eigenvalue weighted by Gasteiger charge is 2.55. The molecular weight excluding hydrogens is 904 g/mol. The number of rotatable bonds is 11. The Morgan fingerprint density at radius 2 is 0.657 bits per heavy atom. The van der Waals surface area contributed by atoms with E-state index in [1.165, 1.54) is 6.92 Å². The van der Waals surface area contributed by atoms with Crippen molar-refractivity contribution in [1.82, 2.24) is 0 Å². The van der Waals surface area contributed by atoms with Gasteiger partial charge >= 0.3 is 29.8 Å². The molecule has 0 bridgehead atoms. The average Bonchev–Trinajstić information content (AvgIpc) is 3.27. The topological polar surface area (TPSA) is 424 Å². The molecule has 0 aliphatic carbocycles. The molecule has 1 aliphatic heterocycles. The van der Waals surface area contributed by atoms with Crippen molar-refractivity contribution in [2.45, 2.75) is 37.6 Å². The summed E-state index contributed by atoms with van der Waals surface area (Å²) < 4.78 is 33.5. The minimum atomic E-state index is -2.50. The fraction of sp³-hybridized carbons (Fsp3) is 0.167. The van der Waals surface area contributed by atoms with Crippen molar-refractivity contribution >= 4 is 29.8 Å². The fourth-order valence-corrected chi connectivity index (χ4v) is 6.19. The van der Waals surface area contributed by atoms with E-state index in [4.69, 9.17) is 28.4 Å². The molecule has 0 saturated carbocycles. The summed E-state index contributed by atoms with van der Waals surface area (Å²) in [4.78, 5) is 68.7. The highest BCUT2D eigenvalue weighted by molar-refractivity contribution is 5.94. The van der Waals surface area contributed by atoms with Gasteiger partial charge in [-0.15, -0.1) is 0 Å². The number of ether oxygens (including phenoxy) is 6. The van der Waals surface area contributed by atoms with E-state index < -0.39 is 175 Å². The van der Waals surface area contributed by atoms with Crippen molar-refractivity contribution in [3.63, 3.8) is 0 Å². The zero-order valence-electron chi connectivity index (χ0n) is 33.6. The summed E-state index contributed by atoms with van der Waals surface area (Å²) in [6.07, 6.45) is -12.0. The largest absolute Gasteiger partial charge is 0.508 e. The molecule has 2 unspecified atom stereocenters. The van der Waals surface area contributed by atoms with Crippen molar-refractivity contribution < 1.29 is 124 Å². The Bertz CT molecular complexity index is 2720. The van der Waals surface area contributed by atoms with Gasteiger partial charge in [0.25, 0.3) is 0 Å². The monoisotopic (exact) mass is 938 g/mol. The molecule has 25 heteroatoms. The average molecular weight is 939 g/mol. The van der Waals surface area contributed by atoms with E-state index in [0.717, 1.165) is 12.1 Å². The van der Waals surface area contributed by atoms with Gasteiger partial charge in [-0.1, -0.05) is 0 Å². The first-order chi connectivity index (χ1) is 31.4. The molecule has 0 amide bonds. The van der Waals surface area contributed by atoms with E-state index in [1.54, 1.807) is 0 Å². The molecule has 5 atom stereocenters. The van der Waals surface area contributed by atoms with Crippen LogP contribution in [0.5, 0.6) is 80.5 Å². The Balaban J connectivity index is 1.52. The van der Waals surface area contributed by atoms with Crippen LogP contribution in [0.15, 0.2) is 60.7 Å². The van der Waals surface area contributed by atoms with Gasteiger partial charge in [0.15, 0.2) is 81.2 Å². The van der Waals surface area contributed by atoms with Gasteiger partial charge in [-0.05, 0) is 67.6 Å². The van der Waals surface area contributed by atoms with Crippen molar-refractivity contribution in [1.29, 1.82) is 0 Å². The van der Waals surface area contributed by atoms with E-state index in [1.807, 2.05) is 0 Å². The van der Waals surface area contributed by atoms with Gasteiger partial charge in [-0.2, -0.15) is 0 Å². The number of carbonyl (C=O) groups excluding carboxylic acids is 5. The molecule has 5 aromatic carbocycles. The van der Waals surface area contributed by atoms with Gasteiger partial charge < -0.3 is 99.9 Å². The molecule has 6 rings (SSSR count). The highest BCUT2D eigenvalue weighted by Crippen LogP contribution is 2.41. The number of esters is 5. The smallest absolute Gasteiger partial charge is 0.340 e. The third kappa shape index (κ3) is 9.75. The van der Waals surface area contributed by atoms with Crippen LogP contribution in [0.1, 0.15) is 57.4 Å². The third-order valence-electron chi connectivity index (χ3n) is 9.73. The van der Waals surface area contributed by atoms with Crippen LogP contribution in [0.2, 0.25) is 0 Å². The lowest BCUT2D eigenvalue weighted by Crippen LogP contribution is -2.63. The maximum Gasteiger partial charge on any atom is 0.340 e. The van der Waals surface area contributed by atoms with Crippen molar-refractivity contribution in [3.05, 3.63) is 94.0 Å². The Labute approximate surface area is 372 Å². The van der Waals surface area contributed by atoms with Crippen LogP contribution in [0.25, 0.3) is 0 Å². The summed E-state index contributed by atoms with van der Waals surface area (Å²) in [5.41, 5.74) is -3.73. The molecule has 1 heterocycles. The van der Waals surface area contributed by atoms with E-state index in [9.17, 15) is 95.5 Å². The first kappa shape index (κ1) is 47.1. The highest BCUT2D eigenvalue weighted by atomic mass is 16.7. The Hall–Kier alpha value is -9.39. The van der Waals surface area contributed by atoms with Gasteiger partial charge in [0.2, 0.25) is 12.4 Å². The molecule has 25 nitrogen and oxygen atoms in total. The molecule has 5 aromatic rings. The molecule has 67 heavy (non-hydrogen) atoms. The second-order valence-electron chi connectivity index (χ2n) is 14.2. The molecule has 0 radical (unpaired) electrons. The Kier molecular flexibility index (Phi) is 12.9. The molecule has 1 saturated heterocycles. The van der Waals surface area contributed by atoms with Crippen LogP contribution in [0, 0.1) is 6.92 Å². The van der Waals surface area contributed by atoms with E-state index >= 15 is 0 Å². The number of phenols is 14. The number of phenolic OH excluding ortho intramolecular Hbond substituents is 14. The second kappa shape index (κ2) is 18.4. The van der Waals surface area contributed by atoms with Crippen molar-refractivity contribution in [3.8, 4) is 80.5 Å². The maximum absolute atomic E-state index is 13.9. The number of aromatic hydroxyl groups is 14.